The van der Waals surface area contributed by atoms with Gasteiger partial charge in [-0.15, -0.1) is 0 Å². The smallest absolute Gasteiger partial charge is 0.321 e. The van der Waals surface area contributed by atoms with Crippen LogP contribution in [0.15, 0.2) is 42.5 Å². The molecular formula is C17H21N3O2. The van der Waals surface area contributed by atoms with Crippen LogP contribution >= 0.6 is 0 Å². The molecule has 0 aromatic heterocycles. The fourth-order valence-corrected chi connectivity index (χ4v) is 2.07. The van der Waals surface area contributed by atoms with Gasteiger partial charge in [0, 0.05) is 17.6 Å². The van der Waals surface area contributed by atoms with E-state index < -0.39 is 6.03 Å². The van der Waals surface area contributed by atoms with Crippen LogP contribution in [0, 0.1) is 5.92 Å². The molecule has 3 N–H and O–H groups in total. The molecule has 5 nitrogen and oxygen atoms in total. The molecule has 5 heteroatoms. The van der Waals surface area contributed by atoms with Crippen molar-refractivity contribution in [2.24, 2.45) is 5.92 Å². The van der Waals surface area contributed by atoms with Crippen molar-refractivity contribution in [2.45, 2.75) is 13.8 Å². The number of urea groups is 1. The Kier molecular flexibility index (Phi) is 5.36. The van der Waals surface area contributed by atoms with E-state index in [1.54, 1.807) is 0 Å². The van der Waals surface area contributed by atoms with Crippen LogP contribution in [-0.2, 0) is 4.79 Å². The minimum Gasteiger partial charge on any atom is -0.376 e. The molecule has 0 spiro atoms. The lowest BCUT2D eigenvalue weighted by Crippen LogP contribution is -2.43. The maximum Gasteiger partial charge on any atom is 0.321 e. The molecule has 2 aromatic rings. The molecule has 0 heterocycles. The summed E-state index contributed by atoms with van der Waals surface area (Å²) in [5, 5.41) is 10.2. The van der Waals surface area contributed by atoms with E-state index in [4.69, 9.17) is 0 Å². The molecule has 0 bridgehead atoms. The summed E-state index contributed by atoms with van der Waals surface area (Å²) >= 11 is 0. The zero-order valence-corrected chi connectivity index (χ0v) is 12.8. The molecule has 0 saturated heterocycles. The van der Waals surface area contributed by atoms with E-state index in [2.05, 4.69) is 16.0 Å². The molecule has 3 amide bonds. The summed E-state index contributed by atoms with van der Waals surface area (Å²) in [6.07, 6.45) is 0. The van der Waals surface area contributed by atoms with Gasteiger partial charge in [0.25, 0.3) is 0 Å². The molecule has 0 unspecified atom stereocenters. The Hall–Kier alpha value is -2.56. The Balaban J connectivity index is 1.89. The highest BCUT2D eigenvalue weighted by Crippen LogP contribution is 2.22. The summed E-state index contributed by atoms with van der Waals surface area (Å²) in [5.41, 5.74) is 0.871. The number of hydrogen-bond donors (Lipinski definition) is 3. The van der Waals surface area contributed by atoms with E-state index in [0.29, 0.717) is 12.5 Å². The van der Waals surface area contributed by atoms with Crippen molar-refractivity contribution in [2.75, 3.05) is 18.4 Å². The van der Waals surface area contributed by atoms with Gasteiger partial charge < -0.3 is 10.6 Å². The van der Waals surface area contributed by atoms with Gasteiger partial charge in [-0.3, -0.25) is 10.1 Å². The van der Waals surface area contributed by atoms with Crippen LogP contribution in [0.4, 0.5) is 10.5 Å². The van der Waals surface area contributed by atoms with Crippen LogP contribution in [0.2, 0.25) is 0 Å². The van der Waals surface area contributed by atoms with E-state index in [0.717, 1.165) is 16.5 Å². The highest BCUT2D eigenvalue weighted by molar-refractivity contribution is 5.98. The maximum absolute atomic E-state index is 11.8. The Morgan fingerprint density at radius 2 is 1.77 bits per heavy atom. The summed E-state index contributed by atoms with van der Waals surface area (Å²) in [5.74, 6) is -0.0242. The second-order valence-corrected chi connectivity index (χ2v) is 5.53. The number of hydrogen-bond acceptors (Lipinski definition) is 3. The van der Waals surface area contributed by atoms with Crippen LogP contribution < -0.4 is 16.0 Å². The molecule has 2 aromatic carbocycles. The standard InChI is InChI=1S/C17H21N3O2/c1-12(2)10-19-17(22)20-16(21)11-18-15-9-5-7-13-6-3-4-8-14(13)15/h3-9,12,18H,10-11H2,1-2H3,(H2,19,20,21,22). The number of nitrogens with one attached hydrogen (secondary N) is 3. The van der Waals surface area contributed by atoms with Crippen LogP contribution in [0.5, 0.6) is 0 Å². The zero-order valence-electron chi connectivity index (χ0n) is 12.8. The summed E-state index contributed by atoms with van der Waals surface area (Å²) in [7, 11) is 0. The number of anilines is 1. The molecule has 116 valence electrons. The number of carbonyl (C=O) groups excluding carboxylic acids is 2. The highest BCUT2D eigenvalue weighted by atomic mass is 16.2. The summed E-state index contributed by atoms with van der Waals surface area (Å²) in [6, 6.07) is 13.3. The van der Waals surface area contributed by atoms with Crippen molar-refractivity contribution in [1.29, 1.82) is 0 Å². The van der Waals surface area contributed by atoms with Crippen molar-refractivity contribution >= 4 is 28.4 Å². The van der Waals surface area contributed by atoms with E-state index in [9.17, 15) is 9.59 Å². The van der Waals surface area contributed by atoms with Crippen molar-refractivity contribution in [3.05, 3.63) is 42.5 Å². The second kappa shape index (κ2) is 7.45. The average Bonchev–Trinajstić information content (AvgIpc) is 2.51. The third-order valence-electron chi connectivity index (χ3n) is 3.15. The highest BCUT2D eigenvalue weighted by Gasteiger charge is 2.08. The summed E-state index contributed by atoms with van der Waals surface area (Å²) in [6.45, 7) is 4.56. The summed E-state index contributed by atoms with van der Waals surface area (Å²) in [4.78, 5) is 23.3. The van der Waals surface area contributed by atoms with Crippen molar-refractivity contribution < 1.29 is 9.59 Å². The molecular weight excluding hydrogens is 278 g/mol. The minimum absolute atomic E-state index is 0.0447. The van der Waals surface area contributed by atoms with Gasteiger partial charge in [-0.25, -0.2) is 4.79 Å². The molecule has 0 radical (unpaired) electrons. The maximum atomic E-state index is 11.8. The third-order valence-corrected chi connectivity index (χ3v) is 3.15. The van der Waals surface area contributed by atoms with Crippen LogP contribution in [0.1, 0.15) is 13.8 Å². The number of rotatable bonds is 5. The number of fused-ring (bicyclic) bond motifs is 1. The largest absolute Gasteiger partial charge is 0.376 e. The molecule has 0 aliphatic heterocycles. The quantitative estimate of drug-likeness (QED) is 0.795. The van der Waals surface area contributed by atoms with Gasteiger partial charge in [-0.1, -0.05) is 50.2 Å². The van der Waals surface area contributed by atoms with E-state index in [1.165, 1.54) is 0 Å². The van der Waals surface area contributed by atoms with Crippen LogP contribution in [0.25, 0.3) is 10.8 Å². The van der Waals surface area contributed by atoms with Crippen molar-refractivity contribution in [1.82, 2.24) is 10.6 Å². The van der Waals surface area contributed by atoms with Gasteiger partial charge >= 0.3 is 6.03 Å². The van der Waals surface area contributed by atoms with E-state index >= 15 is 0 Å². The molecule has 0 saturated carbocycles. The van der Waals surface area contributed by atoms with Crippen molar-refractivity contribution in [3.63, 3.8) is 0 Å². The first-order valence-corrected chi connectivity index (χ1v) is 7.35. The van der Waals surface area contributed by atoms with E-state index in [1.807, 2.05) is 56.3 Å². The van der Waals surface area contributed by atoms with Gasteiger partial charge in [0.05, 0.1) is 6.54 Å². The number of carbonyl (C=O) groups is 2. The Labute approximate surface area is 130 Å². The third kappa shape index (κ3) is 4.48. The molecule has 0 aliphatic rings. The number of amides is 3. The molecule has 0 atom stereocenters. The first kappa shape index (κ1) is 15.8. The summed E-state index contributed by atoms with van der Waals surface area (Å²) < 4.78 is 0. The molecule has 0 fully saturated rings. The minimum atomic E-state index is -0.460. The molecule has 2 rings (SSSR count). The first-order chi connectivity index (χ1) is 10.6. The lowest BCUT2D eigenvalue weighted by Gasteiger charge is -2.11. The fourth-order valence-electron chi connectivity index (χ4n) is 2.07. The normalized spacial score (nSPS) is 10.5. The van der Waals surface area contributed by atoms with Crippen LogP contribution in [0.3, 0.4) is 0 Å². The Morgan fingerprint density at radius 3 is 2.55 bits per heavy atom. The fraction of sp³-hybridized carbons (Fsp3) is 0.294. The lowest BCUT2D eigenvalue weighted by atomic mass is 10.1. The topological polar surface area (TPSA) is 70.2 Å². The predicted molar refractivity (Wildman–Crippen MR) is 88.8 cm³/mol. The van der Waals surface area contributed by atoms with Gasteiger partial charge in [-0.05, 0) is 17.4 Å². The number of imide groups is 1. The van der Waals surface area contributed by atoms with E-state index in [-0.39, 0.29) is 12.5 Å². The Bertz CT molecular complexity index is 663. The second-order valence-electron chi connectivity index (χ2n) is 5.53. The molecule has 22 heavy (non-hydrogen) atoms. The van der Waals surface area contributed by atoms with Gasteiger partial charge in [0.2, 0.25) is 5.91 Å². The predicted octanol–water partition coefficient (Wildman–Crippen LogP) is 2.73. The van der Waals surface area contributed by atoms with Gasteiger partial charge in [-0.2, -0.15) is 0 Å². The first-order valence-electron chi connectivity index (χ1n) is 7.35. The van der Waals surface area contributed by atoms with Gasteiger partial charge in [0.1, 0.15) is 0 Å². The SMILES string of the molecule is CC(C)CNC(=O)NC(=O)CNc1cccc2ccccc12. The van der Waals surface area contributed by atoms with Gasteiger partial charge in [0.15, 0.2) is 0 Å². The lowest BCUT2D eigenvalue weighted by molar-refractivity contribution is -0.118. The molecule has 0 aliphatic carbocycles. The monoisotopic (exact) mass is 299 g/mol. The zero-order chi connectivity index (χ0) is 15.9. The Morgan fingerprint density at radius 1 is 1.05 bits per heavy atom. The average molecular weight is 299 g/mol. The van der Waals surface area contributed by atoms with Crippen LogP contribution in [-0.4, -0.2) is 25.0 Å². The van der Waals surface area contributed by atoms with Crippen molar-refractivity contribution in [3.8, 4) is 0 Å². The number of benzene rings is 2.